The van der Waals surface area contributed by atoms with Crippen LogP contribution in [0.5, 0.6) is 5.75 Å². The number of hydrogen-bond donors (Lipinski definition) is 1. The summed E-state index contributed by atoms with van der Waals surface area (Å²) in [5.74, 6) is 1.34. The Morgan fingerprint density at radius 1 is 1.24 bits per heavy atom. The highest BCUT2D eigenvalue weighted by atomic mass is 79.9. The van der Waals surface area contributed by atoms with Crippen LogP contribution >= 0.6 is 15.9 Å². The lowest BCUT2D eigenvalue weighted by molar-refractivity contribution is -0.0298. The highest BCUT2D eigenvalue weighted by molar-refractivity contribution is 9.10. The molecule has 3 aromatic heterocycles. The van der Waals surface area contributed by atoms with Gasteiger partial charge in [-0.2, -0.15) is 4.98 Å². The minimum absolute atomic E-state index is 0.0526. The van der Waals surface area contributed by atoms with Crippen molar-refractivity contribution in [2.24, 2.45) is 0 Å². The number of methoxy groups -OCH3 is 1. The molecule has 1 atom stereocenters. The normalized spacial score (nSPS) is 16.2. The van der Waals surface area contributed by atoms with Crippen LogP contribution in [0.4, 0.5) is 5.95 Å². The molecule has 0 bridgehead atoms. The summed E-state index contributed by atoms with van der Waals surface area (Å²) in [6, 6.07) is 5.91. The quantitative estimate of drug-likeness (QED) is 0.343. The minimum atomic E-state index is -0.0526. The number of nitrogens with zero attached hydrogens (tertiary/aromatic N) is 6. The average Bonchev–Trinajstić information content (AvgIpc) is 3.52. The molecule has 9 nitrogen and oxygen atoms in total. The number of fused-ring (bicyclic) bond motifs is 1. The van der Waals surface area contributed by atoms with Gasteiger partial charge in [0.2, 0.25) is 5.95 Å². The number of rotatable bonds is 8. The Labute approximate surface area is 200 Å². The van der Waals surface area contributed by atoms with Crippen LogP contribution in [0, 0.1) is 0 Å². The lowest BCUT2D eigenvalue weighted by Gasteiger charge is -2.24. The van der Waals surface area contributed by atoms with Crippen molar-refractivity contribution in [3.63, 3.8) is 0 Å². The highest BCUT2D eigenvalue weighted by Gasteiger charge is 2.22. The number of anilines is 1. The maximum atomic E-state index is 6.01. The van der Waals surface area contributed by atoms with E-state index >= 15 is 0 Å². The van der Waals surface area contributed by atoms with Crippen molar-refractivity contribution in [3.05, 3.63) is 47.7 Å². The van der Waals surface area contributed by atoms with Gasteiger partial charge in [0.25, 0.3) is 0 Å². The van der Waals surface area contributed by atoms with Gasteiger partial charge in [-0.05, 0) is 59.8 Å². The molecule has 1 aliphatic heterocycles. The van der Waals surface area contributed by atoms with Crippen LogP contribution < -0.4 is 10.1 Å². The Hall–Kier alpha value is -2.98. The fourth-order valence-electron chi connectivity index (χ4n) is 4.05. The summed E-state index contributed by atoms with van der Waals surface area (Å²) in [5, 5.41) is 3.39. The number of imidazole rings is 2. The van der Waals surface area contributed by atoms with Crippen LogP contribution in [0.25, 0.3) is 22.4 Å². The third-order valence-electron chi connectivity index (χ3n) is 5.75. The zero-order chi connectivity index (χ0) is 22.6. The second kappa shape index (κ2) is 9.88. The van der Waals surface area contributed by atoms with E-state index in [2.05, 4.69) is 35.8 Å². The van der Waals surface area contributed by atoms with Gasteiger partial charge in [0.05, 0.1) is 24.2 Å². The zero-order valence-corrected chi connectivity index (χ0v) is 20.0. The Bertz CT molecular complexity index is 1220. The SMILES string of the molecule is COc1ccc(-c2nc(NCCCn3ccnc3)nc3c2ncn3C2CCCCO2)cc1Br. The molecule has 33 heavy (non-hydrogen) atoms. The van der Waals surface area contributed by atoms with E-state index in [0.717, 1.165) is 78.0 Å². The van der Waals surface area contributed by atoms with E-state index in [1.165, 1.54) is 0 Å². The Morgan fingerprint density at radius 3 is 2.94 bits per heavy atom. The fraction of sp³-hybridized carbons (Fsp3) is 0.391. The van der Waals surface area contributed by atoms with Crippen LogP contribution in [-0.2, 0) is 11.3 Å². The van der Waals surface area contributed by atoms with Gasteiger partial charge in [-0.3, -0.25) is 4.57 Å². The summed E-state index contributed by atoms with van der Waals surface area (Å²) in [5.41, 5.74) is 3.24. The summed E-state index contributed by atoms with van der Waals surface area (Å²) in [6.07, 6.45) is 11.4. The molecule has 1 saturated heterocycles. The number of nitrogens with one attached hydrogen (secondary N) is 1. The number of halogens is 1. The Balaban J connectivity index is 1.48. The maximum Gasteiger partial charge on any atom is 0.225 e. The number of benzene rings is 1. The molecule has 4 aromatic rings. The second-order valence-corrected chi connectivity index (χ2v) is 8.83. The molecule has 1 aliphatic rings. The molecule has 0 saturated carbocycles. The first-order chi connectivity index (χ1) is 16.2. The minimum Gasteiger partial charge on any atom is -0.496 e. The summed E-state index contributed by atoms with van der Waals surface area (Å²) in [7, 11) is 1.65. The topological polar surface area (TPSA) is 91.9 Å². The van der Waals surface area contributed by atoms with Gasteiger partial charge >= 0.3 is 0 Å². The highest BCUT2D eigenvalue weighted by Crippen LogP contribution is 2.34. The molecule has 172 valence electrons. The predicted octanol–water partition coefficient (Wildman–Crippen LogP) is 4.66. The summed E-state index contributed by atoms with van der Waals surface area (Å²) in [6.45, 7) is 2.37. The predicted molar refractivity (Wildman–Crippen MR) is 129 cm³/mol. The molecule has 4 heterocycles. The summed E-state index contributed by atoms with van der Waals surface area (Å²) < 4.78 is 16.4. The third kappa shape index (κ3) is 4.72. The fourth-order valence-corrected chi connectivity index (χ4v) is 4.59. The molecular formula is C23H26BrN7O2. The molecule has 0 spiro atoms. The van der Waals surface area contributed by atoms with Crippen molar-refractivity contribution in [1.29, 1.82) is 0 Å². The van der Waals surface area contributed by atoms with Gasteiger partial charge in [-0.25, -0.2) is 15.0 Å². The van der Waals surface area contributed by atoms with E-state index in [1.54, 1.807) is 13.3 Å². The lowest BCUT2D eigenvalue weighted by Crippen LogP contribution is -2.18. The van der Waals surface area contributed by atoms with Crippen LogP contribution in [0.15, 0.2) is 47.7 Å². The standard InChI is InChI=1S/C23H26BrN7O2/c1-32-18-7-6-16(13-17(18)24)20-21-22(31(15-27-21)19-5-2-3-12-33-19)29-23(28-20)26-8-4-10-30-11-9-25-14-30/h6-7,9,11,13-15,19H,2-5,8,10,12H2,1H3,(H,26,28,29). The smallest absolute Gasteiger partial charge is 0.225 e. The molecule has 0 aliphatic carbocycles. The van der Waals surface area contributed by atoms with Crippen LogP contribution in [-0.4, -0.2) is 49.3 Å². The van der Waals surface area contributed by atoms with Crippen molar-refractivity contribution in [3.8, 4) is 17.0 Å². The molecule has 1 unspecified atom stereocenters. The van der Waals surface area contributed by atoms with Crippen molar-refractivity contribution < 1.29 is 9.47 Å². The van der Waals surface area contributed by atoms with E-state index in [-0.39, 0.29) is 6.23 Å². The number of aryl methyl sites for hydroxylation is 1. The maximum absolute atomic E-state index is 6.01. The van der Waals surface area contributed by atoms with Crippen molar-refractivity contribution in [2.45, 2.75) is 38.5 Å². The molecule has 10 heteroatoms. The number of hydrogen-bond acceptors (Lipinski definition) is 7. The van der Waals surface area contributed by atoms with Crippen molar-refractivity contribution in [2.75, 3.05) is 25.6 Å². The summed E-state index contributed by atoms with van der Waals surface area (Å²) in [4.78, 5) is 18.4. The van der Waals surface area contributed by atoms with Crippen molar-refractivity contribution in [1.82, 2.24) is 29.1 Å². The molecule has 5 rings (SSSR count). The second-order valence-electron chi connectivity index (χ2n) is 7.97. The lowest BCUT2D eigenvalue weighted by atomic mass is 10.1. The summed E-state index contributed by atoms with van der Waals surface area (Å²) >= 11 is 3.59. The van der Waals surface area contributed by atoms with Gasteiger partial charge in [-0.15, -0.1) is 0 Å². The first kappa shape index (κ1) is 21.8. The molecule has 1 aromatic carbocycles. The van der Waals surface area contributed by atoms with Gasteiger partial charge in [0.1, 0.15) is 23.2 Å². The largest absolute Gasteiger partial charge is 0.496 e. The van der Waals surface area contributed by atoms with E-state index in [4.69, 9.17) is 19.4 Å². The van der Waals surface area contributed by atoms with Gasteiger partial charge in [0.15, 0.2) is 5.65 Å². The zero-order valence-electron chi connectivity index (χ0n) is 18.4. The molecule has 1 N–H and O–H groups in total. The first-order valence-corrected chi connectivity index (χ1v) is 11.9. The first-order valence-electron chi connectivity index (χ1n) is 11.1. The Kier molecular flexibility index (Phi) is 6.54. The Morgan fingerprint density at radius 2 is 2.18 bits per heavy atom. The molecule has 0 radical (unpaired) electrons. The third-order valence-corrected chi connectivity index (χ3v) is 6.37. The molecular weight excluding hydrogens is 486 g/mol. The van der Waals surface area contributed by atoms with E-state index in [9.17, 15) is 0 Å². The monoisotopic (exact) mass is 511 g/mol. The van der Waals surface area contributed by atoms with Gasteiger partial charge in [0, 0.05) is 37.7 Å². The number of ether oxygens (including phenoxy) is 2. The van der Waals surface area contributed by atoms with Crippen LogP contribution in [0.1, 0.15) is 31.9 Å². The molecule has 0 amide bonds. The number of aromatic nitrogens is 6. The van der Waals surface area contributed by atoms with E-state index in [1.807, 2.05) is 41.6 Å². The van der Waals surface area contributed by atoms with Crippen LogP contribution in [0.2, 0.25) is 0 Å². The van der Waals surface area contributed by atoms with E-state index < -0.39 is 0 Å². The van der Waals surface area contributed by atoms with Gasteiger partial charge < -0.3 is 19.4 Å². The molecule has 1 fully saturated rings. The van der Waals surface area contributed by atoms with Crippen LogP contribution in [0.3, 0.4) is 0 Å². The average molecular weight is 512 g/mol. The van der Waals surface area contributed by atoms with E-state index in [0.29, 0.717) is 5.95 Å². The van der Waals surface area contributed by atoms with Crippen molar-refractivity contribution >= 4 is 33.0 Å². The van der Waals surface area contributed by atoms with Gasteiger partial charge in [-0.1, -0.05) is 0 Å².